The van der Waals surface area contributed by atoms with Gasteiger partial charge < -0.3 is 25.3 Å². The fraction of sp³-hybridized carbons (Fsp3) is 1.00. The number of likely N-dealkylation sites (N-methyl/N-ethyl adjacent to an activating group) is 1. The molecule has 3 aliphatic heterocycles. The molecule has 0 aromatic carbocycles. The van der Waals surface area contributed by atoms with E-state index < -0.39 is 0 Å². The van der Waals surface area contributed by atoms with Gasteiger partial charge in [-0.1, -0.05) is 0 Å². The molecule has 8 heteroatoms. The second kappa shape index (κ2) is 9.24. The van der Waals surface area contributed by atoms with Crippen molar-refractivity contribution < 1.29 is 35.1 Å². The Hall–Kier alpha value is -0.320. The Morgan fingerprint density at radius 2 is 1.70 bits per heavy atom. The van der Waals surface area contributed by atoms with Gasteiger partial charge in [0.15, 0.2) is 0 Å². The van der Waals surface area contributed by atoms with Crippen LogP contribution >= 0.6 is 0 Å². The van der Waals surface area contributed by atoms with Gasteiger partial charge in [0.05, 0.1) is 31.4 Å². The average molecular weight is 337 g/mol. The monoisotopic (exact) mass is 337 g/mol. The highest BCUT2D eigenvalue weighted by atomic mass is 16.5. The molecule has 8 nitrogen and oxygen atoms in total. The number of quaternary nitrogens is 1. The van der Waals surface area contributed by atoms with Gasteiger partial charge in [0.1, 0.15) is 19.2 Å². The second-order valence-corrected chi connectivity index (χ2v) is 6.88. The first kappa shape index (κ1) is 20.7. The SMILES string of the molecule is C[C@@H]1OCC[C@@H]1O.C[C@H]1[C@@H](O)CCN1O.C[N+]1(O)CC[C@H](O)C1. The summed E-state index contributed by atoms with van der Waals surface area (Å²) in [5, 5.41) is 45.9. The smallest absolute Gasteiger partial charge is 0.135 e. The van der Waals surface area contributed by atoms with Gasteiger partial charge in [-0.3, -0.25) is 0 Å². The number of aliphatic hydroxyl groups is 3. The predicted molar refractivity (Wildman–Crippen MR) is 82.9 cm³/mol. The summed E-state index contributed by atoms with van der Waals surface area (Å²) >= 11 is 0. The first-order valence-electron chi connectivity index (χ1n) is 8.31. The summed E-state index contributed by atoms with van der Waals surface area (Å²) in [5.41, 5.74) is 0. The van der Waals surface area contributed by atoms with Crippen molar-refractivity contribution in [2.45, 2.75) is 63.6 Å². The second-order valence-electron chi connectivity index (χ2n) is 6.88. The van der Waals surface area contributed by atoms with E-state index in [1.165, 1.54) is 5.06 Å². The van der Waals surface area contributed by atoms with Gasteiger partial charge in [-0.25, -0.2) is 5.21 Å². The molecule has 0 aromatic heterocycles. The lowest BCUT2D eigenvalue weighted by Gasteiger charge is -2.17. The number of likely N-dealkylation sites (tertiary alicyclic amines) is 1. The maximum absolute atomic E-state index is 9.14. The van der Waals surface area contributed by atoms with Gasteiger partial charge in [0.25, 0.3) is 0 Å². The number of hydrogen-bond donors (Lipinski definition) is 5. The Morgan fingerprint density at radius 3 is 1.83 bits per heavy atom. The van der Waals surface area contributed by atoms with Crippen molar-refractivity contribution in [3.05, 3.63) is 0 Å². The largest absolute Gasteiger partial charge is 0.391 e. The van der Waals surface area contributed by atoms with E-state index in [1.54, 1.807) is 14.0 Å². The molecule has 0 aliphatic carbocycles. The van der Waals surface area contributed by atoms with Crippen LogP contribution in [0.2, 0.25) is 0 Å². The number of ether oxygens (including phenoxy) is 1. The summed E-state index contributed by atoms with van der Waals surface area (Å²) in [6.45, 7) is 6.18. The summed E-state index contributed by atoms with van der Waals surface area (Å²) in [4.78, 5) is 0. The normalized spacial score (nSPS) is 43.6. The van der Waals surface area contributed by atoms with Crippen LogP contribution in [-0.4, -0.2) is 99.2 Å². The van der Waals surface area contributed by atoms with Crippen LogP contribution in [0.3, 0.4) is 0 Å². The van der Waals surface area contributed by atoms with Crippen molar-refractivity contribution in [1.29, 1.82) is 0 Å². The highest BCUT2D eigenvalue weighted by Crippen LogP contribution is 2.14. The van der Waals surface area contributed by atoms with Crippen molar-refractivity contribution in [3.8, 4) is 0 Å². The molecular weight excluding hydrogens is 304 g/mol. The topological polar surface area (TPSA) is 114 Å². The van der Waals surface area contributed by atoms with E-state index in [-0.39, 0.29) is 35.1 Å². The fourth-order valence-electron chi connectivity index (χ4n) is 2.69. The molecule has 6 atom stereocenters. The fourth-order valence-corrected chi connectivity index (χ4v) is 2.69. The number of hydrogen-bond acceptors (Lipinski definition) is 7. The molecule has 3 fully saturated rings. The van der Waals surface area contributed by atoms with Gasteiger partial charge >= 0.3 is 0 Å². The zero-order valence-corrected chi connectivity index (χ0v) is 14.4. The highest BCUT2D eigenvalue weighted by Gasteiger charge is 2.31. The van der Waals surface area contributed by atoms with E-state index in [2.05, 4.69) is 0 Å². The third kappa shape index (κ3) is 7.40. The van der Waals surface area contributed by atoms with Crippen LogP contribution in [-0.2, 0) is 4.74 Å². The molecule has 1 unspecified atom stereocenters. The summed E-state index contributed by atoms with van der Waals surface area (Å²) in [5.74, 6) is 0. The van der Waals surface area contributed by atoms with E-state index in [0.717, 1.165) is 19.4 Å². The molecule has 0 saturated carbocycles. The lowest BCUT2D eigenvalue weighted by Crippen LogP contribution is -2.38. The summed E-state index contributed by atoms with van der Waals surface area (Å²) < 4.78 is 5.00. The first-order chi connectivity index (χ1) is 10.6. The minimum Gasteiger partial charge on any atom is -0.391 e. The van der Waals surface area contributed by atoms with Gasteiger partial charge in [0.2, 0.25) is 0 Å². The van der Waals surface area contributed by atoms with Crippen LogP contribution in [0, 0.1) is 0 Å². The van der Waals surface area contributed by atoms with Gasteiger partial charge in [0, 0.05) is 19.6 Å². The quantitative estimate of drug-likeness (QED) is 0.381. The van der Waals surface area contributed by atoms with E-state index in [0.29, 0.717) is 26.1 Å². The maximum atomic E-state index is 9.14. The lowest BCUT2D eigenvalue weighted by molar-refractivity contribution is -1.08. The summed E-state index contributed by atoms with van der Waals surface area (Å²) in [6, 6.07) is -0.0741. The molecule has 0 radical (unpaired) electrons. The van der Waals surface area contributed by atoms with Gasteiger partial charge in [-0.05, 0) is 26.7 Å². The van der Waals surface area contributed by atoms with E-state index in [1.807, 2.05) is 6.92 Å². The molecule has 3 rings (SSSR count). The lowest BCUT2D eigenvalue weighted by atomic mass is 10.2. The van der Waals surface area contributed by atoms with Gasteiger partial charge in [-0.2, -0.15) is 9.71 Å². The van der Waals surface area contributed by atoms with E-state index in [9.17, 15) is 0 Å². The molecular formula is C15H33N2O6+. The zero-order valence-electron chi connectivity index (χ0n) is 14.4. The van der Waals surface area contributed by atoms with Crippen LogP contribution < -0.4 is 0 Å². The molecule has 0 spiro atoms. The Morgan fingerprint density at radius 1 is 1.04 bits per heavy atom. The Bertz CT molecular complexity index is 326. The molecule has 0 aromatic rings. The molecule has 138 valence electrons. The minimum absolute atomic E-state index is 0.0127. The number of hydroxylamine groups is 5. The maximum Gasteiger partial charge on any atom is 0.135 e. The standard InChI is InChI=1S/C5H12NO2.C5H11NO2.C5H10O2/c1-6(8)3-2-5(7)4-6;1-4-5(7)2-3-6(4)8;1-4-5(6)2-3-7-4/h5,7-8H,2-4H2,1H3;4-5,7-8H,2-3H2,1H3;4-6H,2-3H2,1H3/q+1;;/t5-,6?;2*4-,5-/m000/s1. The van der Waals surface area contributed by atoms with Crippen LogP contribution in [0.15, 0.2) is 0 Å². The number of nitrogens with zero attached hydrogens (tertiary/aromatic N) is 2. The summed E-state index contributed by atoms with van der Waals surface area (Å²) in [6.07, 6.45) is 1.47. The average Bonchev–Trinajstić information content (AvgIpc) is 3.09. The Labute approximate surface area is 138 Å². The third-order valence-electron chi connectivity index (χ3n) is 4.57. The molecule has 0 bridgehead atoms. The Kier molecular flexibility index (Phi) is 8.32. The van der Waals surface area contributed by atoms with Crippen LogP contribution in [0.4, 0.5) is 0 Å². The van der Waals surface area contributed by atoms with Crippen molar-refractivity contribution in [2.75, 3.05) is 33.3 Å². The van der Waals surface area contributed by atoms with Crippen molar-refractivity contribution in [3.63, 3.8) is 0 Å². The molecule has 3 saturated heterocycles. The van der Waals surface area contributed by atoms with Crippen molar-refractivity contribution in [1.82, 2.24) is 5.06 Å². The van der Waals surface area contributed by atoms with E-state index in [4.69, 9.17) is 30.5 Å². The number of rotatable bonds is 0. The minimum atomic E-state index is -0.333. The zero-order chi connectivity index (χ0) is 17.6. The molecule has 5 N–H and O–H groups in total. The van der Waals surface area contributed by atoms with Crippen molar-refractivity contribution >= 4 is 0 Å². The Balaban J connectivity index is 0.000000173. The van der Waals surface area contributed by atoms with Gasteiger partial charge in [-0.15, -0.1) is 0 Å². The van der Waals surface area contributed by atoms with Crippen molar-refractivity contribution in [2.24, 2.45) is 0 Å². The number of aliphatic hydroxyl groups excluding tert-OH is 3. The first-order valence-corrected chi connectivity index (χ1v) is 8.31. The van der Waals surface area contributed by atoms with Crippen LogP contribution in [0.5, 0.6) is 0 Å². The van der Waals surface area contributed by atoms with Crippen LogP contribution in [0.1, 0.15) is 33.1 Å². The van der Waals surface area contributed by atoms with Crippen LogP contribution in [0.25, 0.3) is 0 Å². The predicted octanol–water partition coefficient (Wildman–Crippen LogP) is -0.426. The molecule has 3 aliphatic rings. The molecule has 3 heterocycles. The third-order valence-corrected chi connectivity index (χ3v) is 4.57. The summed E-state index contributed by atoms with van der Waals surface area (Å²) in [7, 11) is 1.70. The molecule has 0 amide bonds. The highest BCUT2D eigenvalue weighted by molar-refractivity contribution is 4.77. The molecule has 23 heavy (non-hydrogen) atoms. The van der Waals surface area contributed by atoms with E-state index >= 15 is 0 Å².